The predicted octanol–water partition coefficient (Wildman–Crippen LogP) is 7.28. The lowest BCUT2D eigenvalue weighted by molar-refractivity contribution is 0.0988. The molecule has 0 saturated heterocycles. The summed E-state index contributed by atoms with van der Waals surface area (Å²) in [5.74, 6) is 0.0144. The molecule has 0 aliphatic rings. The van der Waals surface area contributed by atoms with E-state index in [0.29, 0.717) is 10.6 Å². The fraction of sp³-hybridized carbons (Fsp3) is 0.174. The Balaban J connectivity index is 1.95. The maximum Gasteiger partial charge on any atom is 0.178 e. The van der Waals surface area contributed by atoms with Crippen LogP contribution in [0.15, 0.2) is 77.7 Å². The highest BCUT2D eigenvalue weighted by molar-refractivity contribution is 8.00. The molecule has 0 spiro atoms. The van der Waals surface area contributed by atoms with Gasteiger partial charge in [0, 0.05) is 15.5 Å². The van der Waals surface area contributed by atoms with Gasteiger partial charge in [0.2, 0.25) is 0 Å². The number of aryl methyl sites for hydroxylation is 2. The molecular weight excluding hydrogens is 395 g/mol. The minimum Gasteiger partial charge on any atom is -0.293 e. The van der Waals surface area contributed by atoms with E-state index in [2.05, 4.69) is 0 Å². The Morgan fingerprint density at radius 1 is 0.889 bits per heavy atom. The SMILES string of the molecule is Cc1ccc(S[C@@H](C(=O)c2ccc(C)cc2)[C@@H](Cl)c2cccc(Cl)c2)cc1. The van der Waals surface area contributed by atoms with Gasteiger partial charge in [0.05, 0.1) is 10.6 Å². The van der Waals surface area contributed by atoms with Crippen LogP contribution in [0.5, 0.6) is 0 Å². The summed E-state index contributed by atoms with van der Waals surface area (Å²) in [5.41, 5.74) is 3.80. The van der Waals surface area contributed by atoms with E-state index in [4.69, 9.17) is 23.2 Å². The highest BCUT2D eigenvalue weighted by Gasteiger charge is 2.30. The topological polar surface area (TPSA) is 17.1 Å². The summed E-state index contributed by atoms with van der Waals surface area (Å²) in [6, 6.07) is 23.1. The first-order valence-electron chi connectivity index (χ1n) is 8.68. The number of benzene rings is 3. The zero-order valence-electron chi connectivity index (χ0n) is 15.2. The molecule has 3 rings (SSSR count). The summed E-state index contributed by atoms with van der Waals surface area (Å²) >= 11 is 14.4. The second-order valence-corrected chi connectivity index (χ2v) is 8.66. The summed E-state index contributed by atoms with van der Waals surface area (Å²) in [6.45, 7) is 4.04. The number of thioether (sulfide) groups is 1. The predicted molar refractivity (Wildman–Crippen MR) is 116 cm³/mol. The van der Waals surface area contributed by atoms with Gasteiger partial charge in [-0.05, 0) is 43.7 Å². The van der Waals surface area contributed by atoms with E-state index in [1.165, 1.54) is 17.3 Å². The van der Waals surface area contributed by atoms with Gasteiger partial charge in [-0.15, -0.1) is 23.4 Å². The molecular formula is C23H20Cl2OS. The first-order valence-corrected chi connectivity index (χ1v) is 10.4. The molecule has 4 heteroatoms. The summed E-state index contributed by atoms with van der Waals surface area (Å²) in [7, 11) is 0. The van der Waals surface area contributed by atoms with Crippen molar-refractivity contribution in [2.45, 2.75) is 29.4 Å². The molecule has 1 nitrogen and oxygen atoms in total. The Labute approximate surface area is 174 Å². The number of halogens is 2. The summed E-state index contributed by atoms with van der Waals surface area (Å²) < 4.78 is 0. The Hall–Kier alpha value is -1.74. The van der Waals surface area contributed by atoms with Crippen LogP contribution in [-0.4, -0.2) is 11.0 Å². The van der Waals surface area contributed by atoms with E-state index < -0.39 is 10.6 Å². The summed E-state index contributed by atoms with van der Waals surface area (Å²) in [4.78, 5) is 14.3. The molecule has 0 saturated carbocycles. The molecule has 3 aromatic rings. The van der Waals surface area contributed by atoms with Gasteiger partial charge in [0.1, 0.15) is 0 Å². The summed E-state index contributed by atoms with van der Waals surface area (Å²) in [6.07, 6.45) is 0. The van der Waals surface area contributed by atoms with Crippen molar-refractivity contribution in [1.29, 1.82) is 0 Å². The third kappa shape index (κ3) is 5.16. The van der Waals surface area contributed by atoms with Crippen molar-refractivity contribution in [3.63, 3.8) is 0 Å². The lowest BCUT2D eigenvalue weighted by Gasteiger charge is -2.22. The van der Waals surface area contributed by atoms with Crippen LogP contribution in [0.25, 0.3) is 0 Å². The fourth-order valence-corrected chi connectivity index (χ4v) is 4.45. The first kappa shape index (κ1) is 20.0. The number of carbonyl (C=O) groups is 1. The largest absolute Gasteiger partial charge is 0.293 e. The summed E-state index contributed by atoms with van der Waals surface area (Å²) in [5, 5.41) is -0.348. The van der Waals surface area contributed by atoms with Crippen molar-refractivity contribution < 1.29 is 4.79 Å². The second-order valence-electron chi connectivity index (χ2n) is 6.54. The van der Waals surface area contributed by atoms with Gasteiger partial charge in [-0.3, -0.25) is 4.79 Å². The molecule has 0 unspecified atom stereocenters. The number of hydrogen-bond donors (Lipinski definition) is 0. The number of alkyl halides is 1. The molecule has 3 aromatic carbocycles. The van der Waals surface area contributed by atoms with Crippen molar-refractivity contribution in [2.75, 3.05) is 0 Å². The molecule has 27 heavy (non-hydrogen) atoms. The maximum absolute atomic E-state index is 13.3. The normalized spacial score (nSPS) is 13.2. The van der Waals surface area contributed by atoms with Crippen LogP contribution in [-0.2, 0) is 0 Å². The van der Waals surface area contributed by atoms with Crippen molar-refractivity contribution in [2.24, 2.45) is 0 Å². The van der Waals surface area contributed by atoms with Crippen LogP contribution in [0.2, 0.25) is 5.02 Å². The third-order valence-corrected chi connectivity index (χ3v) is 6.48. The number of rotatable bonds is 6. The van der Waals surface area contributed by atoms with E-state index in [1.54, 1.807) is 6.07 Å². The van der Waals surface area contributed by atoms with Crippen LogP contribution in [0.3, 0.4) is 0 Å². The minimum atomic E-state index is -0.496. The molecule has 138 valence electrons. The van der Waals surface area contributed by atoms with Crippen LogP contribution >= 0.6 is 35.0 Å². The van der Waals surface area contributed by atoms with E-state index >= 15 is 0 Å². The van der Waals surface area contributed by atoms with Gasteiger partial charge in [-0.2, -0.15) is 0 Å². The van der Waals surface area contributed by atoms with Crippen LogP contribution in [0.4, 0.5) is 0 Å². The molecule has 0 N–H and O–H groups in total. The van der Waals surface area contributed by atoms with Crippen molar-refractivity contribution in [3.05, 3.63) is 100 Å². The Morgan fingerprint density at radius 3 is 2.07 bits per heavy atom. The molecule has 0 heterocycles. The Kier molecular flexibility index (Phi) is 6.64. The maximum atomic E-state index is 13.3. The van der Waals surface area contributed by atoms with Gasteiger partial charge < -0.3 is 0 Å². The monoisotopic (exact) mass is 414 g/mol. The number of carbonyl (C=O) groups excluding carboxylic acids is 1. The molecule has 0 aliphatic carbocycles. The van der Waals surface area contributed by atoms with Crippen molar-refractivity contribution >= 4 is 40.7 Å². The number of ketones is 1. The molecule has 0 fully saturated rings. The van der Waals surface area contributed by atoms with E-state index in [9.17, 15) is 4.79 Å². The van der Waals surface area contributed by atoms with Crippen LogP contribution < -0.4 is 0 Å². The third-order valence-electron chi connectivity index (χ3n) is 4.31. The lowest BCUT2D eigenvalue weighted by Crippen LogP contribution is -2.22. The molecule has 2 atom stereocenters. The van der Waals surface area contributed by atoms with Gasteiger partial charge >= 0.3 is 0 Å². The van der Waals surface area contributed by atoms with Gasteiger partial charge in [0.15, 0.2) is 5.78 Å². The first-order chi connectivity index (χ1) is 12.9. The minimum absolute atomic E-state index is 0.0144. The van der Waals surface area contributed by atoms with Crippen LogP contribution in [0, 0.1) is 13.8 Å². The average Bonchev–Trinajstić information content (AvgIpc) is 2.67. The highest BCUT2D eigenvalue weighted by Crippen LogP contribution is 2.39. The molecule has 0 bridgehead atoms. The van der Waals surface area contributed by atoms with Crippen molar-refractivity contribution in [1.82, 2.24) is 0 Å². The molecule has 0 aromatic heterocycles. The quantitative estimate of drug-likeness (QED) is 0.239. The number of hydrogen-bond acceptors (Lipinski definition) is 2. The molecule has 0 radical (unpaired) electrons. The van der Waals surface area contributed by atoms with E-state index in [-0.39, 0.29) is 5.78 Å². The average molecular weight is 415 g/mol. The van der Waals surface area contributed by atoms with Gasteiger partial charge in [-0.25, -0.2) is 0 Å². The van der Waals surface area contributed by atoms with E-state index in [0.717, 1.165) is 16.0 Å². The molecule has 0 aliphatic heterocycles. The standard InChI is InChI=1S/C23H20Cl2OS/c1-15-6-10-17(11-7-15)22(26)23(27-20-12-8-16(2)9-13-20)21(25)18-4-3-5-19(24)14-18/h3-14,21,23H,1-2H3/t21-,23+/m0/s1. The van der Waals surface area contributed by atoms with Crippen molar-refractivity contribution in [3.8, 4) is 0 Å². The Morgan fingerprint density at radius 2 is 1.48 bits per heavy atom. The van der Waals surface area contributed by atoms with Gasteiger partial charge in [0.25, 0.3) is 0 Å². The zero-order valence-corrected chi connectivity index (χ0v) is 17.5. The highest BCUT2D eigenvalue weighted by atomic mass is 35.5. The van der Waals surface area contributed by atoms with Gasteiger partial charge in [-0.1, -0.05) is 71.3 Å². The smallest absolute Gasteiger partial charge is 0.178 e. The zero-order chi connectivity index (χ0) is 19.4. The molecule has 0 amide bonds. The van der Waals surface area contributed by atoms with Crippen LogP contribution in [0.1, 0.15) is 32.4 Å². The second kappa shape index (κ2) is 8.97. The number of Topliss-reactive ketones (excluding diaryl/α,β-unsaturated/α-hetero) is 1. The lowest BCUT2D eigenvalue weighted by atomic mass is 10.0. The Bertz CT molecular complexity index is 920. The fourth-order valence-electron chi connectivity index (χ4n) is 2.74. The van der Waals surface area contributed by atoms with E-state index in [1.807, 2.05) is 80.6 Å².